The van der Waals surface area contributed by atoms with Crippen molar-refractivity contribution < 1.29 is 43.5 Å². The van der Waals surface area contributed by atoms with Crippen LogP contribution in [0.3, 0.4) is 0 Å². The summed E-state index contributed by atoms with van der Waals surface area (Å²) < 4.78 is 29.6. The molecule has 5 rings (SSSR count). The highest BCUT2D eigenvalue weighted by atomic mass is 16.7. The Hall–Kier alpha value is -1.26. The summed E-state index contributed by atoms with van der Waals surface area (Å²) in [6.07, 6.45) is 0.437. The number of carbonyl (C=O) groups is 2. The quantitative estimate of drug-likeness (QED) is 0.467. The Morgan fingerprint density at radius 3 is 2.39 bits per heavy atom. The van der Waals surface area contributed by atoms with Gasteiger partial charge in [-0.2, -0.15) is 0 Å². The molecule has 0 radical (unpaired) electrons. The molecule has 2 aliphatic carbocycles. The van der Waals surface area contributed by atoms with Crippen molar-refractivity contribution in [2.45, 2.75) is 96.3 Å². The summed E-state index contributed by atoms with van der Waals surface area (Å²) >= 11 is 0. The first-order valence-corrected chi connectivity index (χ1v) is 12.2. The fraction of sp³-hybridized carbons (Fsp3) is 0.917. The van der Waals surface area contributed by atoms with Crippen molar-refractivity contribution in [3.8, 4) is 0 Å². The van der Waals surface area contributed by atoms with E-state index in [-0.39, 0.29) is 35.9 Å². The fourth-order valence-electron chi connectivity index (χ4n) is 7.82. The number of hydrogen-bond acceptors (Lipinski definition) is 9. The fourth-order valence-corrected chi connectivity index (χ4v) is 7.82. The first-order chi connectivity index (χ1) is 15.5. The molecule has 0 bridgehead atoms. The Morgan fingerprint density at radius 1 is 1.06 bits per heavy atom. The number of epoxide rings is 1. The van der Waals surface area contributed by atoms with Crippen molar-refractivity contribution in [1.82, 2.24) is 0 Å². The molecule has 0 amide bonds. The van der Waals surface area contributed by atoms with Gasteiger partial charge in [-0.3, -0.25) is 9.59 Å². The van der Waals surface area contributed by atoms with Crippen LogP contribution in [0.25, 0.3) is 0 Å². The van der Waals surface area contributed by atoms with Gasteiger partial charge in [0.05, 0.1) is 24.2 Å². The van der Waals surface area contributed by atoms with E-state index in [0.29, 0.717) is 32.3 Å². The van der Waals surface area contributed by atoms with Crippen LogP contribution in [0.4, 0.5) is 0 Å². The van der Waals surface area contributed by atoms with E-state index in [2.05, 4.69) is 13.8 Å². The van der Waals surface area contributed by atoms with Crippen LogP contribution in [0.1, 0.15) is 59.8 Å². The normalized spacial score (nSPS) is 52.8. The number of hydrogen-bond donors (Lipinski definition) is 2. The van der Waals surface area contributed by atoms with Crippen LogP contribution in [0, 0.1) is 28.6 Å². The van der Waals surface area contributed by atoms with E-state index in [9.17, 15) is 19.8 Å². The Morgan fingerprint density at radius 2 is 1.79 bits per heavy atom. The maximum atomic E-state index is 12.2. The van der Waals surface area contributed by atoms with Gasteiger partial charge in [-0.1, -0.05) is 13.8 Å². The highest BCUT2D eigenvalue weighted by Gasteiger charge is 2.79. The number of carbonyl (C=O) groups excluding carboxylic acids is 2. The molecule has 0 aromatic heterocycles. The van der Waals surface area contributed by atoms with Crippen molar-refractivity contribution in [1.29, 1.82) is 0 Å². The summed E-state index contributed by atoms with van der Waals surface area (Å²) in [7, 11) is 0. The van der Waals surface area contributed by atoms with Crippen molar-refractivity contribution in [2.24, 2.45) is 28.6 Å². The zero-order valence-electron chi connectivity index (χ0n) is 19.8. The molecule has 0 aromatic carbocycles. The summed E-state index contributed by atoms with van der Waals surface area (Å²) in [6.45, 7) is 7.46. The van der Waals surface area contributed by atoms with E-state index in [1.807, 2.05) is 0 Å². The summed E-state index contributed by atoms with van der Waals surface area (Å²) in [5.74, 6) is -0.658. The van der Waals surface area contributed by atoms with E-state index >= 15 is 0 Å². The molecule has 5 fully saturated rings. The first-order valence-electron chi connectivity index (χ1n) is 12.2. The Balaban J connectivity index is 1.58. The van der Waals surface area contributed by atoms with Gasteiger partial charge in [0.25, 0.3) is 0 Å². The molecule has 0 aromatic rings. The van der Waals surface area contributed by atoms with Crippen LogP contribution in [0.5, 0.6) is 0 Å². The number of esters is 2. The monoisotopic (exact) mass is 468 g/mol. The zero-order valence-corrected chi connectivity index (χ0v) is 19.8. The molecule has 2 saturated carbocycles. The third kappa shape index (κ3) is 3.30. The molecule has 3 aliphatic heterocycles. The summed E-state index contributed by atoms with van der Waals surface area (Å²) in [4.78, 5) is 24.1. The number of aliphatic hydroxyl groups is 2. The predicted molar refractivity (Wildman–Crippen MR) is 112 cm³/mol. The zero-order chi connectivity index (χ0) is 23.8. The van der Waals surface area contributed by atoms with Crippen LogP contribution in [0.2, 0.25) is 0 Å². The number of fused-ring (bicyclic) bond motifs is 3. The molecule has 9 nitrogen and oxygen atoms in total. The lowest BCUT2D eigenvalue weighted by molar-refractivity contribution is -0.274. The Labute approximate surface area is 194 Å². The van der Waals surface area contributed by atoms with E-state index in [0.717, 1.165) is 6.42 Å². The third-order valence-electron chi connectivity index (χ3n) is 9.60. The molecule has 11 atom stereocenters. The van der Waals surface area contributed by atoms with Crippen molar-refractivity contribution >= 4 is 11.9 Å². The minimum absolute atomic E-state index is 0.0130. The summed E-state index contributed by atoms with van der Waals surface area (Å²) in [5.41, 5.74) is -2.17. The van der Waals surface area contributed by atoms with Crippen LogP contribution >= 0.6 is 0 Å². The van der Waals surface area contributed by atoms with Gasteiger partial charge in [0, 0.05) is 31.6 Å². The lowest BCUT2D eigenvalue weighted by Crippen LogP contribution is -2.71. The molecular weight excluding hydrogens is 432 g/mol. The van der Waals surface area contributed by atoms with Gasteiger partial charge in [0.1, 0.15) is 18.3 Å². The molecule has 3 saturated heterocycles. The van der Waals surface area contributed by atoms with Gasteiger partial charge in [0.2, 0.25) is 0 Å². The smallest absolute Gasteiger partial charge is 0.302 e. The van der Waals surface area contributed by atoms with Crippen LogP contribution in [0.15, 0.2) is 0 Å². The van der Waals surface area contributed by atoms with E-state index in [4.69, 9.17) is 23.7 Å². The topological polar surface area (TPSA) is 124 Å². The van der Waals surface area contributed by atoms with Crippen molar-refractivity contribution in [2.75, 3.05) is 13.2 Å². The van der Waals surface area contributed by atoms with Gasteiger partial charge in [-0.25, -0.2) is 0 Å². The standard InChI is InChI=1S/C24H36O9/c1-12-7-19(31-14(3)26)23(10-29-13(2)25)16(5-6-17(27)24(23)11-30-24)22(12,4)18-8-15-9-20(28)33-21(15)32-18/h12,15-21,27-28H,5-11H2,1-4H3. The van der Waals surface area contributed by atoms with Crippen molar-refractivity contribution in [3.05, 3.63) is 0 Å². The molecule has 186 valence electrons. The number of aliphatic hydroxyl groups excluding tert-OH is 2. The molecule has 11 unspecified atom stereocenters. The summed E-state index contributed by atoms with van der Waals surface area (Å²) in [5, 5.41) is 21.0. The van der Waals surface area contributed by atoms with Crippen LogP contribution in [-0.2, 0) is 33.3 Å². The highest BCUT2D eigenvalue weighted by Crippen LogP contribution is 2.70. The molecule has 5 aliphatic rings. The maximum absolute atomic E-state index is 12.2. The molecule has 9 heteroatoms. The second kappa shape index (κ2) is 7.88. The van der Waals surface area contributed by atoms with Gasteiger partial charge in [0.15, 0.2) is 12.6 Å². The molecular formula is C24H36O9. The van der Waals surface area contributed by atoms with Gasteiger partial charge in [-0.15, -0.1) is 0 Å². The van der Waals surface area contributed by atoms with Crippen LogP contribution < -0.4 is 0 Å². The lowest BCUT2D eigenvalue weighted by Gasteiger charge is -2.64. The predicted octanol–water partition coefficient (Wildman–Crippen LogP) is 1.52. The van der Waals surface area contributed by atoms with E-state index < -0.39 is 47.7 Å². The molecule has 33 heavy (non-hydrogen) atoms. The first kappa shape index (κ1) is 23.5. The molecule has 2 N–H and O–H groups in total. The molecule has 1 spiro atoms. The summed E-state index contributed by atoms with van der Waals surface area (Å²) in [6, 6.07) is 0. The Kier molecular flexibility index (Phi) is 5.61. The average Bonchev–Trinajstić information content (AvgIpc) is 3.32. The lowest BCUT2D eigenvalue weighted by atomic mass is 9.42. The maximum Gasteiger partial charge on any atom is 0.302 e. The van der Waals surface area contributed by atoms with E-state index in [1.54, 1.807) is 0 Å². The number of rotatable bonds is 4. The van der Waals surface area contributed by atoms with Crippen LogP contribution in [-0.4, -0.2) is 71.9 Å². The largest absolute Gasteiger partial charge is 0.465 e. The number of ether oxygens (including phenoxy) is 5. The Bertz CT molecular complexity index is 798. The highest BCUT2D eigenvalue weighted by molar-refractivity contribution is 5.67. The van der Waals surface area contributed by atoms with E-state index in [1.165, 1.54) is 13.8 Å². The minimum atomic E-state index is -0.923. The van der Waals surface area contributed by atoms with Gasteiger partial charge >= 0.3 is 11.9 Å². The second-order valence-corrected chi connectivity index (χ2v) is 11.1. The second-order valence-electron chi connectivity index (χ2n) is 11.1. The van der Waals surface area contributed by atoms with Crippen molar-refractivity contribution in [3.63, 3.8) is 0 Å². The SMILES string of the molecule is CC(=O)OCC12C(OC(C)=O)CC(C)C(C)(C3CC4CC(O)OC4O3)C1CCC(O)C21CO1. The third-order valence-corrected chi connectivity index (χ3v) is 9.60. The van der Waals surface area contributed by atoms with Gasteiger partial charge < -0.3 is 33.9 Å². The minimum Gasteiger partial charge on any atom is -0.465 e. The molecule has 3 heterocycles. The van der Waals surface area contributed by atoms with Gasteiger partial charge in [-0.05, 0) is 37.5 Å². The average molecular weight is 469 g/mol.